The van der Waals surface area contributed by atoms with E-state index < -0.39 is 17.9 Å². The maximum atomic E-state index is 12.6. The molecule has 0 radical (unpaired) electrons. The fourth-order valence-corrected chi connectivity index (χ4v) is 4.58. The number of fused-ring (bicyclic) bond motifs is 2. The third-order valence-electron chi connectivity index (χ3n) is 6.38. The van der Waals surface area contributed by atoms with Gasteiger partial charge in [-0.1, -0.05) is 18.2 Å². The summed E-state index contributed by atoms with van der Waals surface area (Å²) < 4.78 is 18.3. The summed E-state index contributed by atoms with van der Waals surface area (Å²) >= 11 is 0. The van der Waals surface area contributed by atoms with Gasteiger partial charge in [0.1, 0.15) is 17.9 Å². The quantitative estimate of drug-likeness (QED) is 0.592. The molecular weight excluding hydrogens is 436 g/mol. The lowest BCUT2D eigenvalue weighted by Gasteiger charge is -2.19. The van der Waals surface area contributed by atoms with Crippen LogP contribution < -0.4 is 21.1 Å². The molecule has 0 bridgehead atoms. The summed E-state index contributed by atoms with van der Waals surface area (Å²) in [4.78, 5) is 24.5. The van der Waals surface area contributed by atoms with E-state index in [1.807, 2.05) is 24.3 Å². The third-order valence-corrected chi connectivity index (χ3v) is 6.38. The van der Waals surface area contributed by atoms with Gasteiger partial charge in [0.25, 0.3) is 5.91 Å². The molecule has 2 N–H and O–H groups in total. The molecule has 1 amide bonds. The molecule has 2 aromatic carbocycles. The van der Waals surface area contributed by atoms with Crippen LogP contribution in [0.5, 0.6) is 5.75 Å². The number of amides is 1. The largest absolute Gasteiger partial charge is 0.493 e. The first kappa shape index (κ1) is 22.2. The van der Waals surface area contributed by atoms with Gasteiger partial charge in [0.15, 0.2) is 5.58 Å². The van der Waals surface area contributed by atoms with Crippen molar-refractivity contribution in [1.29, 1.82) is 5.26 Å². The van der Waals surface area contributed by atoms with E-state index in [0.29, 0.717) is 31.8 Å². The Labute approximate surface area is 196 Å². The van der Waals surface area contributed by atoms with E-state index in [9.17, 15) is 14.9 Å². The van der Waals surface area contributed by atoms with Crippen LogP contribution in [0.3, 0.4) is 0 Å². The molecule has 0 saturated carbocycles. The molecule has 2 atom stereocenters. The van der Waals surface area contributed by atoms with Gasteiger partial charge in [0, 0.05) is 38.6 Å². The van der Waals surface area contributed by atoms with Gasteiger partial charge < -0.3 is 24.5 Å². The van der Waals surface area contributed by atoms with Gasteiger partial charge in [-0.15, -0.1) is 0 Å². The lowest BCUT2D eigenvalue weighted by Crippen LogP contribution is -2.46. The predicted octanol–water partition coefficient (Wildman–Crippen LogP) is 1.66. The summed E-state index contributed by atoms with van der Waals surface area (Å²) in [6.45, 7) is 2.32. The van der Waals surface area contributed by atoms with Crippen LogP contribution in [-0.2, 0) is 29.4 Å². The molecule has 2 aliphatic rings. The number of carbonyl (C=O) groups excluding carboxylic acids is 1. The van der Waals surface area contributed by atoms with E-state index in [1.54, 1.807) is 13.1 Å². The molecular formula is C25H26N4O5. The minimum Gasteiger partial charge on any atom is -0.493 e. The monoisotopic (exact) mass is 462 g/mol. The number of carbonyl (C=O) groups is 1. The minimum absolute atomic E-state index is 0.283. The van der Waals surface area contributed by atoms with Crippen molar-refractivity contribution in [2.45, 2.75) is 31.4 Å². The SMILES string of the molecule is Cn1c(=O)oc2ccc(-c3ccc(CC(C#N)NC(=O)C4CNCCCO4)c4c3CCO4)cc21. The highest BCUT2D eigenvalue weighted by molar-refractivity contribution is 5.83. The van der Waals surface area contributed by atoms with E-state index in [0.717, 1.165) is 52.9 Å². The van der Waals surface area contributed by atoms with Crippen molar-refractivity contribution in [2.24, 2.45) is 7.05 Å². The zero-order chi connectivity index (χ0) is 23.7. The Morgan fingerprint density at radius 2 is 2.21 bits per heavy atom. The van der Waals surface area contributed by atoms with E-state index in [2.05, 4.69) is 16.7 Å². The van der Waals surface area contributed by atoms with Gasteiger partial charge in [0.05, 0.1) is 18.2 Å². The second-order valence-electron chi connectivity index (χ2n) is 8.60. The Kier molecular flexibility index (Phi) is 6.09. The second-order valence-corrected chi connectivity index (χ2v) is 8.60. The molecule has 5 rings (SSSR count). The van der Waals surface area contributed by atoms with Crippen molar-refractivity contribution >= 4 is 17.0 Å². The Morgan fingerprint density at radius 1 is 1.32 bits per heavy atom. The molecule has 3 heterocycles. The molecule has 34 heavy (non-hydrogen) atoms. The maximum absolute atomic E-state index is 12.6. The van der Waals surface area contributed by atoms with Crippen LogP contribution in [0.25, 0.3) is 22.2 Å². The van der Waals surface area contributed by atoms with E-state index >= 15 is 0 Å². The van der Waals surface area contributed by atoms with Gasteiger partial charge in [-0.3, -0.25) is 9.36 Å². The summed E-state index contributed by atoms with van der Waals surface area (Å²) in [5.41, 5.74) is 5.18. The molecule has 9 heteroatoms. The first-order valence-electron chi connectivity index (χ1n) is 11.4. The fraction of sp³-hybridized carbons (Fsp3) is 0.400. The lowest BCUT2D eigenvalue weighted by atomic mass is 9.93. The number of aromatic nitrogens is 1. The summed E-state index contributed by atoms with van der Waals surface area (Å²) in [5, 5.41) is 15.7. The zero-order valence-electron chi connectivity index (χ0n) is 18.9. The Bertz CT molecular complexity index is 1330. The van der Waals surface area contributed by atoms with Gasteiger partial charge in [-0.05, 0) is 41.8 Å². The number of nitrogens with zero attached hydrogens (tertiary/aromatic N) is 2. The Morgan fingerprint density at radius 3 is 3.06 bits per heavy atom. The van der Waals surface area contributed by atoms with Crippen LogP contribution in [0.15, 0.2) is 39.5 Å². The molecule has 1 fully saturated rings. The van der Waals surface area contributed by atoms with Crippen LogP contribution in [-0.4, -0.2) is 48.9 Å². The van der Waals surface area contributed by atoms with Crippen LogP contribution in [0.4, 0.5) is 0 Å². The second kappa shape index (κ2) is 9.33. The van der Waals surface area contributed by atoms with Gasteiger partial charge in [0.2, 0.25) is 0 Å². The number of aryl methyl sites for hydroxylation is 1. The van der Waals surface area contributed by atoms with Crippen LogP contribution in [0, 0.1) is 11.3 Å². The molecule has 0 aliphatic carbocycles. The maximum Gasteiger partial charge on any atom is 0.419 e. The highest BCUT2D eigenvalue weighted by Crippen LogP contribution is 2.39. The Balaban J connectivity index is 1.39. The molecule has 2 aliphatic heterocycles. The van der Waals surface area contributed by atoms with Crippen molar-refractivity contribution in [2.75, 3.05) is 26.3 Å². The number of nitrogens with one attached hydrogen (secondary N) is 2. The number of rotatable bonds is 5. The molecule has 1 saturated heterocycles. The summed E-state index contributed by atoms with van der Waals surface area (Å²) in [5.74, 6) is 0.0837. The first-order valence-corrected chi connectivity index (χ1v) is 11.4. The standard InChI is InChI=1S/C25H26N4O5/c1-29-20-12-15(4-6-21(20)34-25(29)31)18-5-3-16(23-19(18)7-10-33-23)11-17(13-26)28-24(30)22-14-27-8-2-9-32-22/h3-6,12,17,22,27H,2,7-11,14H2,1H3,(H,28,30). The van der Waals surface area contributed by atoms with Crippen LogP contribution >= 0.6 is 0 Å². The Hall–Kier alpha value is -3.61. The molecule has 1 aromatic heterocycles. The lowest BCUT2D eigenvalue weighted by molar-refractivity contribution is -0.132. The number of nitriles is 1. The van der Waals surface area contributed by atoms with Crippen LogP contribution in [0.2, 0.25) is 0 Å². The molecule has 2 unspecified atom stereocenters. The predicted molar refractivity (Wildman–Crippen MR) is 125 cm³/mol. The fourth-order valence-electron chi connectivity index (χ4n) is 4.58. The molecule has 176 valence electrons. The van der Waals surface area contributed by atoms with Crippen molar-refractivity contribution in [3.05, 3.63) is 52.0 Å². The highest BCUT2D eigenvalue weighted by atomic mass is 16.5. The zero-order valence-corrected chi connectivity index (χ0v) is 18.9. The number of benzene rings is 2. The van der Waals surface area contributed by atoms with Crippen molar-refractivity contribution in [3.8, 4) is 22.9 Å². The molecule has 3 aromatic rings. The average molecular weight is 463 g/mol. The number of hydrogen-bond acceptors (Lipinski definition) is 7. The van der Waals surface area contributed by atoms with E-state index in [1.165, 1.54) is 4.57 Å². The first-order chi connectivity index (χ1) is 16.5. The highest BCUT2D eigenvalue weighted by Gasteiger charge is 2.26. The summed E-state index contributed by atoms with van der Waals surface area (Å²) in [6, 6.07) is 11.1. The molecule has 9 nitrogen and oxygen atoms in total. The van der Waals surface area contributed by atoms with Gasteiger partial charge in [-0.25, -0.2) is 4.79 Å². The minimum atomic E-state index is -0.699. The van der Waals surface area contributed by atoms with Crippen LogP contribution in [0.1, 0.15) is 17.5 Å². The van der Waals surface area contributed by atoms with Gasteiger partial charge >= 0.3 is 5.76 Å². The summed E-state index contributed by atoms with van der Waals surface area (Å²) in [6.07, 6.45) is 1.33. The molecule has 0 spiro atoms. The normalized spacial score (nSPS) is 18.5. The third kappa shape index (κ3) is 4.18. The smallest absolute Gasteiger partial charge is 0.419 e. The van der Waals surface area contributed by atoms with Crippen molar-refractivity contribution in [1.82, 2.24) is 15.2 Å². The number of ether oxygens (including phenoxy) is 2. The average Bonchev–Trinajstić information content (AvgIpc) is 3.32. The summed E-state index contributed by atoms with van der Waals surface area (Å²) in [7, 11) is 1.68. The van der Waals surface area contributed by atoms with E-state index in [4.69, 9.17) is 13.9 Å². The topological polar surface area (TPSA) is 119 Å². The van der Waals surface area contributed by atoms with Gasteiger partial charge in [-0.2, -0.15) is 5.26 Å². The van der Waals surface area contributed by atoms with Crippen molar-refractivity contribution < 1.29 is 18.7 Å². The van der Waals surface area contributed by atoms with E-state index in [-0.39, 0.29) is 5.91 Å². The number of oxazole rings is 1. The van der Waals surface area contributed by atoms with Crippen molar-refractivity contribution in [3.63, 3.8) is 0 Å². The number of hydrogen-bond donors (Lipinski definition) is 2.